The largest absolute Gasteiger partial charge is 0.491 e. The van der Waals surface area contributed by atoms with E-state index in [0.29, 0.717) is 6.42 Å². The van der Waals surface area contributed by atoms with Crippen LogP contribution in [-0.4, -0.2) is 30.8 Å². The molecule has 0 spiro atoms. The zero-order valence-electron chi connectivity index (χ0n) is 12.3. The van der Waals surface area contributed by atoms with Gasteiger partial charge in [0.25, 0.3) is 5.91 Å². The lowest BCUT2D eigenvalue weighted by atomic mass is 10.0. The lowest BCUT2D eigenvalue weighted by molar-refractivity contribution is 0.0934. The number of ether oxygens (including phenoxy) is 1. The predicted octanol–water partition coefficient (Wildman–Crippen LogP) is 2.50. The van der Waals surface area contributed by atoms with Crippen molar-refractivity contribution in [2.75, 3.05) is 19.8 Å². The van der Waals surface area contributed by atoms with Crippen molar-refractivity contribution in [1.29, 1.82) is 0 Å². The molecule has 0 bridgehead atoms. The van der Waals surface area contributed by atoms with Gasteiger partial charge in [-0.3, -0.25) is 4.79 Å². The van der Waals surface area contributed by atoms with Gasteiger partial charge in [-0.05, 0) is 31.4 Å². The molecule has 2 N–H and O–H groups in total. The van der Waals surface area contributed by atoms with Gasteiger partial charge in [-0.1, -0.05) is 13.3 Å². The maximum Gasteiger partial charge on any atom is 0.257 e. The topological polar surface area (TPSA) is 58.6 Å². The van der Waals surface area contributed by atoms with Gasteiger partial charge in [-0.2, -0.15) is 0 Å². The lowest BCUT2D eigenvalue weighted by Crippen LogP contribution is -2.31. The summed E-state index contributed by atoms with van der Waals surface area (Å²) in [5, 5.41) is 11.4. The molecule has 1 unspecified atom stereocenters. The number of carbonyl (C=O) groups excluding carboxylic acids is 1. The molecule has 6 heteroatoms. The molecule has 0 aliphatic rings. The zero-order chi connectivity index (χ0) is 15.8. The molecule has 1 aromatic carbocycles. The Balaban J connectivity index is 2.84. The van der Waals surface area contributed by atoms with Crippen molar-refractivity contribution < 1.29 is 23.4 Å². The van der Waals surface area contributed by atoms with Crippen LogP contribution >= 0.6 is 0 Å². The third kappa shape index (κ3) is 4.67. The summed E-state index contributed by atoms with van der Waals surface area (Å²) in [5.41, 5.74) is -0.639. The fourth-order valence-corrected chi connectivity index (χ4v) is 1.97. The number of halogens is 2. The minimum Gasteiger partial charge on any atom is -0.491 e. The van der Waals surface area contributed by atoms with E-state index in [1.807, 2.05) is 6.92 Å². The molecule has 1 aromatic rings. The van der Waals surface area contributed by atoms with E-state index in [4.69, 9.17) is 9.84 Å². The van der Waals surface area contributed by atoms with Gasteiger partial charge in [0.1, 0.15) is 11.4 Å². The molecule has 0 fully saturated rings. The number of hydrogen-bond donors (Lipinski definition) is 2. The smallest absolute Gasteiger partial charge is 0.257 e. The standard InChI is InChI=1S/C15H21F2NO3/c1-3-10(7-8-19)9-18-15(20)13-11(16)5-6-12(14(13)17)21-4-2/h5-6,10,19H,3-4,7-9H2,1-2H3,(H,18,20). The van der Waals surface area contributed by atoms with E-state index in [1.54, 1.807) is 6.92 Å². The first-order chi connectivity index (χ1) is 10.0. The molecule has 0 aliphatic carbocycles. The van der Waals surface area contributed by atoms with Crippen molar-refractivity contribution in [3.05, 3.63) is 29.3 Å². The average molecular weight is 301 g/mol. The summed E-state index contributed by atoms with van der Waals surface area (Å²) in [7, 11) is 0. The molecule has 0 saturated heterocycles. The molecule has 0 heterocycles. The molecule has 1 amide bonds. The Labute approximate surface area is 123 Å². The van der Waals surface area contributed by atoms with Gasteiger partial charge in [-0.15, -0.1) is 0 Å². The normalized spacial score (nSPS) is 12.0. The minimum atomic E-state index is -0.996. The molecular weight excluding hydrogens is 280 g/mol. The number of aliphatic hydroxyl groups is 1. The molecule has 118 valence electrons. The zero-order valence-corrected chi connectivity index (χ0v) is 12.3. The Morgan fingerprint density at radius 3 is 2.67 bits per heavy atom. The van der Waals surface area contributed by atoms with Gasteiger partial charge in [0.2, 0.25) is 0 Å². The number of rotatable bonds is 8. The number of aliphatic hydroxyl groups excluding tert-OH is 1. The highest BCUT2D eigenvalue weighted by Gasteiger charge is 2.21. The molecule has 0 radical (unpaired) electrons. The maximum atomic E-state index is 14.1. The Hall–Kier alpha value is -1.69. The van der Waals surface area contributed by atoms with Crippen molar-refractivity contribution >= 4 is 5.91 Å². The van der Waals surface area contributed by atoms with E-state index in [0.717, 1.165) is 18.6 Å². The second-order valence-electron chi connectivity index (χ2n) is 4.66. The van der Waals surface area contributed by atoms with Crippen LogP contribution in [0.5, 0.6) is 5.75 Å². The van der Waals surface area contributed by atoms with E-state index in [2.05, 4.69) is 5.32 Å². The van der Waals surface area contributed by atoms with E-state index < -0.39 is 23.1 Å². The number of hydrogen-bond acceptors (Lipinski definition) is 3. The van der Waals surface area contributed by atoms with E-state index in [9.17, 15) is 13.6 Å². The van der Waals surface area contributed by atoms with Crippen LogP contribution in [0, 0.1) is 17.6 Å². The molecule has 1 rings (SSSR count). The summed E-state index contributed by atoms with van der Waals surface area (Å²) in [5.74, 6) is -2.82. The summed E-state index contributed by atoms with van der Waals surface area (Å²) in [4.78, 5) is 12.0. The van der Waals surface area contributed by atoms with Gasteiger partial charge < -0.3 is 15.2 Å². The van der Waals surface area contributed by atoms with Gasteiger partial charge in [-0.25, -0.2) is 8.78 Å². The summed E-state index contributed by atoms with van der Waals surface area (Å²) < 4.78 is 32.8. The van der Waals surface area contributed by atoms with Crippen molar-refractivity contribution in [3.8, 4) is 5.75 Å². The van der Waals surface area contributed by atoms with Crippen molar-refractivity contribution in [1.82, 2.24) is 5.32 Å². The average Bonchev–Trinajstić information content (AvgIpc) is 2.46. The first-order valence-electron chi connectivity index (χ1n) is 7.04. The van der Waals surface area contributed by atoms with Gasteiger partial charge in [0.05, 0.1) is 6.61 Å². The molecule has 0 aliphatic heterocycles. The first-order valence-corrected chi connectivity index (χ1v) is 7.04. The van der Waals surface area contributed by atoms with Crippen LogP contribution in [-0.2, 0) is 0 Å². The number of benzene rings is 1. The first kappa shape index (κ1) is 17.4. The molecule has 1 atom stereocenters. The van der Waals surface area contributed by atoms with Gasteiger partial charge in [0.15, 0.2) is 11.6 Å². The highest BCUT2D eigenvalue weighted by Crippen LogP contribution is 2.23. The van der Waals surface area contributed by atoms with Crippen LogP contribution in [0.25, 0.3) is 0 Å². The fourth-order valence-electron chi connectivity index (χ4n) is 1.97. The SMILES string of the molecule is CCOc1ccc(F)c(C(=O)NCC(CC)CCO)c1F. The summed E-state index contributed by atoms with van der Waals surface area (Å²) >= 11 is 0. The third-order valence-electron chi connectivity index (χ3n) is 3.25. The van der Waals surface area contributed by atoms with E-state index >= 15 is 0 Å². The molecule has 21 heavy (non-hydrogen) atoms. The number of carbonyl (C=O) groups is 1. The Kier molecular flexibility index (Phi) is 7.08. The molecule has 0 saturated carbocycles. The number of nitrogens with one attached hydrogen (secondary N) is 1. The Morgan fingerprint density at radius 2 is 2.10 bits per heavy atom. The maximum absolute atomic E-state index is 14.1. The summed E-state index contributed by atoms with van der Waals surface area (Å²) in [6, 6.07) is 2.17. The molecule has 4 nitrogen and oxygen atoms in total. The molecule has 0 aromatic heterocycles. The molecular formula is C15H21F2NO3. The highest BCUT2D eigenvalue weighted by molar-refractivity contribution is 5.95. The number of amides is 1. The van der Waals surface area contributed by atoms with Crippen LogP contribution in [0.3, 0.4) is 0 Å². The van der Waals surface area contributed by atoms with Crippen molar-refractivity contribution in [2.45, 2.75) is 26.7 Å². The van der Waals surface area contributed by atoms with E-state index in [1.165, 1.54) is 0 Å². The van der Waals surface area contributed by atoms with Crippen LogP contribution in [0.4, 0.5) is 8.78 Å². The second kappa shape index (κ2) is 8.56. The van der Waals surface area contributed by atoms with Crippen molar-refractivity contribution in [3.63, 3.8) is 0 Å². The Bertz CT molecular complexity index is 480. The predicted molar refractivity (Wildman–Crippen MR) is 75.3 cm³/mol. The minimum absolute atomic E-state index is 0.0108. The summed E-state index contributed by atoms with van der Waals surface area (Å²) in [6.07, 6.45) is 1.28. The quantitative estimate of drug-likeness (QED) is 0.775. The second-order valence-corrected chi connectivity index (χ2v) is 4.66. The van der Waals surface area contributed by atoms with Crippen LogP contribution in [0.1, 0.15) is 37.0 Å². The lowest BCUT2D eigenvalue weighted by Gasteiger charge is -2.15. The van der Waals surface area contributed by atoms with Gasteiger partial charge in [0, 0.05) is 13.2 Å². The summed E-state index contributed by atoms with van der Waals surface area (Å²) in [6.45, 7) is 4.08. The van der Waals surface area contributed by atoms with Crippen LogP contribution < -0.4 is 10.1 Å². The highest BCUT2D eigenvalue weighted by atomic mass is 19.1. The Morgan fingerprint density at radius 1 is 1.38 bits per heavy atom. The van der Waals surface area contributed by atoms with Crippen LogP contribution in [0.2, 0.25) is 0 Å². The fraction of sp³-hybridized carbons (Fsp3) is 0.533. The monoisotopic (exact) mass is 301 g/mol. The third-order valence-corrected chi connectivity index (χ3v) is 3.25. The van der Waals surface area contributed by atoms with Crippen LogP contribution in [0.15, 0.2) is 12.1 Å². The van der Waals surface area contributed by atoms with E-state index in [-0.39, 0.29) is 31.4 Å². The van der Waals surface area contributed by atoms with Gasteiger partial charge >= 0.3 is 0 Å². The van der Waals surface area contributed by atoms with Crippen molar-refractivity contribution in [2.24, 2.45) is 5.92 Å².